The summed E-state index contributed by atoms with van der Waals surface area (Å²) in [7, 11) is 0. The molecule has 0 aliphatic heterocycles. The molecule has 0 saturated heterocycles. The summed E-state index contributed by atoms with van der Waals surface area (Å²) in [5.41, 5.74) is 2.15. The fourth-order valence-corrected chi connectivity index (χ4v) is 2.55. The molecule has 3 heteroatoms. The minimum Gasteiger partial charge on any atom is -0.384 e. The summed E-state index contributed by atoms with van der Waals surface area (Å²) in [5, 5.41) is 9.44. The Balaban J connectivity index is 2.01. The van der Waals surface area contributed by atoms with E-state index in [2.05, 4.69) is 17.9 Å². The number of thioether (sulfide) groups is 1. The van der Waals surface area contributed by atoms with E-state index in [4.69, 9.17) is 16.7 Å². The second-order valence-corrected chi connectivity index (χ2v) is 5.39. The Labute approximate surface area is 122 Å². The van der Waals surface area contributed by atoms with E-state index < -0.39 is 0 Å². The summed E-state index contributed by atoms with van der Waals surface area (Å²) in [5.74, 6) is 6.45. The van der Waals surface area contributed by atoms with Gasteiger partial charge in [0.1, 0.15) is 6.61 Å². The lowest BCUT2D eigenvalue weighted by molar-refractivity contribution is 0.350. The summed E-state index contributed by atoms with van der Waals surface area (Å²) in [6.45, 7) is -0.107. The Hall–Kier alpha value is -1.40. The van der Waals surface area contributed by atoms with Gasteiger partial charge in [-0.25, -0.2) is 0 Å². The minimum atomic E-state index is -0.107. The van der Waals surface area contributed by atoms with Crippen molar-refractivity contribution in [2.45, 2.75) is 10.6 Å². The maximum absolute atomic E-state index is 8.68. The zero-order valence-corrected chi connectivity index (χ0v) is 11.8. The molecule has 2 aromatic rings. The van der Waals surface area contributed by atoms with Gasteiger partial charge in [0.15, 0.2) is 0 Å². The highest BCUT2D eigenvalue weighted by molar-refractivity contribution is 7.98. The van der Waals surface area contributed by atoms with E-state index >= 15 is 0 Å². The molecule has 0 bridgehead atoms. The Morgan fingerprint density at radius 3 is 2.63 bits per heavy atom. The van der Waals surface area contributed by atoms with Crippen molar-refractivity contribution in [2.24, 2.45) is 0 Å². The van der Waals surface area contributed by atoms with Crippen molar-refractivity contribution in [1.82, 2.24) is 0 Å². The molecule has 96 valence electrons. The fraction of sp³-hybridized carbons (Fsp3) is 0.125. The van der Waals surface area contributed by atoms with Crippen molar-refractivity contribution in [1.29, 1.82) is 0 Å². The number of aliphatic hydroxyl groups is 1. The van der Waals surface area contributed by atoms with Gasteiger partial charge in [-0.2, -0.15) is 0 Å². The lowest BCUT2D eigenvalue weighted by Gasteiger charge is -2.03. The van der Waals surface area contributed by atoms with E-state index in [0.29, 0.717) is 0 Å². The van der Waals surface area contributed by atoms with Crippen LogP contribution in [0.1, 0.15) is 11.1 Å². The standard InChI is InChI=1S/C16H13ClOS/c17-15-6-8-16(9-7-15)19-12-14-4-1-3-13(11-14)5-2-10-18/h1,3-4,6-9,11,18H,10,12H2. The van der Waals surface area contributed by atoms with Crippen molar-refractivity contribution < 1.29 is 5.11 Å². The van der Waals surface area contributed by atoms with E-state index in [1.54, 1.807) is 11.8 Å². The Bertz CT molecular complexity index is 596. The number of benzene rings is 2. The van der Waals surface area contributed by atoms with Gasteiger partial charge in [-0.3, -0.25) is 0 Å². The molecule has 2 rings (SSSR count). The third-order valence-electron chi connectivity index (χ3n) is 2.46. The maximum Gasteiger partial charge on any atom is 0.104 e. The summed E-state index contributed by atoms with van der Waals surface area (Å²) in [4.78, 5) is 1.19. The SMILES string of the molecule is OCC#Cc1cccc(CSc2ccc(Cl)cc2)c1. The summed E-state index contributed by atoms with van der Waals surface area (Å²) in [6, 6.07) is 15.9. The topological polar surface area (TPSA) is 20.2 Å². The third kappa shape index (κ3) is 4.65. The van der Waals surface area contributed by atoms with Crippen LogP contribution in [0.25, 0.3) is 0 Å². The van der Waals surface area contributed by atoms with Gasteiger partial charge in [0, 0.05) is 21.2 Å². The molecule has 0 unspecified atom stereocenters. The van der Waals surface area contributed by atoms with E-state index in [9.17, 15) is 0 Å². The molecule has 1 nitrogen and oxygen atoms in total. The van der Waals surface area contributed by atoms with Crippen LogP contribution in [-0.4, -0.2) is 11.7 Å². The molecule has 0 aliphatic rings. The van der Waals surface area contributed by atoms with Gasteiger partial charge >= 0.3 is 0 Å². The average Bonchev–Trinajstić information content (AvgIpc) is 2.45. The van der Waals surface area contributed by atoms with Crippen LogP contribution in [0.15, 0.2) is 53.4 Å². The van der Waals surface area contributed by atoms with Crippen LogP contribution in [0.3, 0.4) is 0 Å². The first-order valence-corrected chi connectivity index (χ1v) is 7.21. The number of halogens is 1. The molecule has 0 spiro atoms. The van der Waals surface area contributed by atoms with Crippen LogP contribution in [-0.2, 0) is 5.75 Å². The Kier molecular flexibility index (Phi) is 5.35. The van der Waals surface area contributed by atoms with Gasteiger partial charge in [-0.15, -0.1) is 11.8 Å². The van der Waals surface area contributed by atoms with Crippen LogP contribution in [0.2, 0.25) is 5.02 Å². The molecule has 0 fully saturated rings. The monoisotopic (exact) mass is 288 g/mol. The highest BCUT2D eigenvalue weighted by Gasteiger charge is 1.97. The molecule has 0 amide bonds. The molecule has 19 heavy (non-hydrogen) atoms. The van der Waals surface area contributed by atoms with Gasteiger partial charge in [0.05, 0.1) is 0 Å². The van der Waals surface area contributed by atoms with Crippen LogP contribution >= 0.6 is 23.4 Å². The second kappa shape index (κ2) is 7.25. The molecule has 0 aliphatic carbocycles. The van der Waals surface area contributed by atoms with Gasteiger partial charge in [-0.05, 0) is 42.0 Å². The molecule has 0 heterocycles. The van der Waals surface area contributed by atoms with E-state index in [0.717, 1.165) is 16.3 Å². The molecule has 0 atom stereocenters. The van der Waals surface area contributed by atoms with E-state index in [1.807, 2.05) is 42.5 Å². The van der Waals surface area contributed by atoms with Gasteiger partial charge in [-0.1, -0.05) is 35.6 Å². The van der Waals surface area contributed by atoms with Gasteiger partial charge < -0.3 is 5.11 Å². The van der Waals surface area contributed by atoms with E-state index in [1.165, 1.54) is 10.5 Å². The minimum absolute atomic E-state index is 0.107. The van der Waals surface area contributed by atoms with Crippen LogP contribution in [0.4, 0.5) is 0 Å². The number of aliphatic hydroxyl groups excluding tert-OH is 1. The van der Waals surface area contributed by atoms with Gasteiger partial charge in [0.2, 0.25) is 0 Å². The predicted molar refractivity (Wildman–Crippen MR) is 81.4 cm³/mol. The van der Waals surface area contributed by atoms with Crippen molar-refractivity contribution in [2.75, 3.05) is 6.61 Å². The van der Waals surface area contributed by atoms with Gasteiger partial charge in [0.25, 0.3) is 0 Å². The Morgan fingerprint density at radius 1 is 1.11 bits per heavy atom. The van der Waals surface area contributed by atoms with E-state index in [-0.39, 0.29) is 6.61 Å². The third-order valence-corrected chi connectivity index (χ3v) is 3.79. The largest absolute Gasteiger partial charge is 0.384 e. The second-order valence-electron chi connectivity index (χ2n) is 3.90. The molecule has 1 N–H and O–H groups in total. The highest BCUT2D eigenvalue weighted by Crippen LogP contribution is 2.24. The first kappa shape index (κ1) is 14.0. The highest BCUT2D eigenvalue weighted by atomic mass is 35.5. The fourth-order valence-electron chi connectivity index (χ4n) is 1.58. The van der Waals surface area contributed by atoms with Crippen molar-refractivity contribution in [3.63, 3.8) is 0 Å². The summed E-state index contributed by atoms with van der Waals surface area (Å²) < 4.78 is 0. The molecule has 2 aromatic carbocycles. The molecular weight excluding hydrogens is 276 g/mol. The molecule has 0 radical (unpaired) electrons. The molecular formula is C16H13ClOS. The normalized spacial score (nSPS) is 9.79. The first-order chi connectivity index (χ1) is 9.28. The average molecular weight is 289 g/mol. The number of rotatable bonds is 3. The zero-order chi connectivity index (χ0) is 13.5. The lowest BCUT2D eigenvalue weighted by atomic mass is 10.1. The molecule has 0 aromatic heterocycles. The predicted octanol–water partition coefficient (Wildman–Crippen LogP) is 3.98. The number of hydrogen-bond acceptors (Lipinski definition) is 2. The van der Waals surface area contributed by atoms with Crippen molar-refractivity contribution in [3.8, 4) is 11.8 Å². The lowest BCUT2D eigenvalue weighted by Crippen LogP contribution is -1.83. The Morgan fingerprint density at radius 2 is 1.89 bits per heavy atom. The maximum atomic E-state index is 8.68. The van der Waals surface area contributed by atoms with Crippen LogP contribution < -0.4 is 0 Å². The first-order valence-electron chi connectivity index (χ1n) is 5.85. The summed E-state index contributed by atoms with van der Waals surface area (Å²) in [6.07, 6.45) is 0. The summed E-state index contributed by atoms with van der Waals surface area (Å²) >= 11 is 7.61. The molecule has 0 saturated carbocycles. The van der Waals surface area contributed by atoms with Crippen LogP contribution in [0, 0.1) is 11.8 Å². The van der Waals surface area contributed by atoms with Crippen molar-refractivity contribution >= 4 is 23.4 Å². The smallest absolute Gasteiger partial charge is 0.104 e. The number of hydrogen-bond donors (Lipinski definition) is 1. The quantitative estimate of drug-likeness (QED) is 0.681. The van der Waals surface area contributed by atoms with Crippen LogP contribution in [0.5, 0.6) is 0 Å². The zero-order valence-electron chi connectivity index (χ0n) is 10.3. The van der Waals surface area contributed by atoms with Crippen molar-refractivity contribution in [3.05, 3.63) is 64.7 Å².